The second kappa shape index (κ2) is 15.4. The van der Waals surface area contributed by atoms with Gasteiger partial charge in [-0.25, -0.2) is 4.79 Å². The summed E-state index contributed by atoms with van der Waals surface area (Å²) in [5.74, 6) is -4.04. The number of carboxylic acids is 2. The number of hydrogen-bond acceptors (Lipinski definition) is 6. The molecule has 1 heterocycles. The van der Waals surface area contributed by atoms with Crippen LogP contribution < -0.4 is 16.0 Å². The van der Waals surface area contributed by atoms with E-state index >= 15 is 0 Å². The van der Waals surface area contributed by atoms with E-state index in [0.717, 1.165) is 16.5 Å². The molecule has 2 aromatic rings. The van der Waals surface area contributed by atoms with Crippen LogP contribution in [-0.2, 0) is 29.4 Å². The number of fused-ring (bicyclic) bond motifs is 1. The lowest BCUT2D eigenvalue weighted by Gasteiger charge is -2.39. The zero-order valence-corrected chi connectivity index (χ0v) is 28.6. The van der Waals surface area contributed by atoms with Crippen molar-refractivity contribution in [2.75, 3.05) is 14.1 Å². The molecular formula is C34H51N5O7. The molecule has 4 atom stereocenters. The van der Waals surface area contributed by atoms with Crippen molar-refractivity contribution in [3.05, 3.63) is 47.7 Å². The first kappa shape index (κ1) is 38.0. The van der Waals surface area contributed by atoms with Crippen LogP contribution in [0.2, 0.25) is 0 Å². The number of H-pyrrole nitrogens is 1. The van der Waals surface area contributed by atoms with E-state index < -0.39 is 59.3 Å². The van der Waals surface area contributed by atoms with E-state index in [1.807, 2.05) is 78.9 Å². The SMILES string of the molecule is CN[C@H](C(=O)N[C@H](C(=O)N(C)[C@H](/C=C(\C)C(=O)N[C@H](CCC(=O)O)C(=O)O)C(C)C)C(C)(C)C)C(C)(C)c1c[nH]c2ccccc12. The summed E-state index contributed by atoms with van der Waals surface area (Å²) in [5, 5.41) is 27.9. The zero-order valence-electron chi connectivity index (χ0n) is 28.6. The molecule has 254 valence electrons. The molecule has 3 amide bonds. The third-order valence-electron chi connectivity index (χ3n) is 8.46. The van der Waals surface area contributed by atoms with Gasteiger partial charge in [0.2, 0.25) is 17.7 Å². The predicted octanol–water partition coefficient (Wildman–Crippen LogP) is 3.43. The van der Waals surface area contributed by atoms with Gasteiger partial charge in [0, 0.05) is 41.6 Å². The molecule has 1 aromatic carbocycles. The second-order valence-corrected chi connectivity index (χ2v) is 13.8. The third-order valence-corrected chi connectivity index (χ3v) is 8.46. The van der Waals surface area contributed by atoms with E-state index in [9.17, 15) is 29.1 Å². The van der Waals surface area contributed by atoms with Gasteiger partial charge < -0.3 is 36.0 Å². The fraction of sp³-hybridized carbons (Fsp3) is 0.559. The number of para-hydroxylation sites is 1. The summed E-state index contributed by atoms with van der Waals surface area (Å²) in [4.78, 5) is 68.3. The number of carbonyl (C=O) groups excluding carboxylic acids is 3. The van der Waals surface area contributed by atoms with Crippen molar-refractivity contribution in [3.63, 3.8) is 0 Å². The van der Waals surface area contributed by atoms with Crippen molar-refractivity contribution in [1.29, 1.82) is 0 Å². The lowest BCUT2D eigenvalue weighted by molar-refractivity contribution is -0.142. The van der Waals surface area contributed by atoms with Crippen molar-refractivity contribution >= 4 is 40.6 Å². The lowest BCUT2D eigenvalue weighted by Crippen LogP contribution is -2.61. The molecule has 0 saturated heterocycles. The van der Waals surface area contributed by atoms with Gasteiger partial charge in [-0.15, -0.1) is 0 Å². The van der Waals surface area contributed by atoms with Gasteiger partial charge in [0.25, 0.3) is 0 Å². The van der Waals surface area contributed by atoms with E-state index in [0.29, 0.717) is 0 Å². The Morgan fingerprint density at radius 3 is 2.11 bits per heavy atom. The third kappa shape index (κ3) is 9.18. The highest BCUT2D eigenvalue weighted by Crippen LogP contribution is 2.34. The molecule has 0 radical (unpaired) electrons. The molecule has 12 nitrogen and oxygen atoms in total. The van der Waals surface area contributed by atoms with Crippen LogP contribution in [0.4, 0.5) is 0 Å². The van der Waals surface area contributed by atoms with Crippen molar-refractivity contribution < 1.29 is 34.2 Å². The van der Waals surface area contributed by atoms with Gasteiger partial charge in [-0.2, -0.15) is 0 Å². The van der Waals surface area contributed by atoms with E-state index in [1.54, 1.807) is 20.2 Å². The maximum Gasteiger partial charge on any atom is 0.326 e. The number of benzene rings is 1. The molecule has 1 aromatic heterocycles. The Hall–Kier alpha value is -4.19. The topological polar surface area (TPSA) is 181 Å². The van der Waals surface area contributed by atoms with Gasteiger partial charge in [0.05, 0.1) is 12.1 Å². The van der Waals surface area contributed by atoms with Gasteiger partial charge in [-0.05, 0) is 43.4 Å². The smallest absolute Gasteiger partial charge is 0.326 e. The molecule has 6 N–H and O–H groups in total. The molecule has 0 aliphatic carbocycles. The van der Waals surface area contributed by atoms with Crippen LogP contribution in [0, 0.1) is 11.3 Å². The van der Waals surface area contributed by atoms with Crippen molar-refractivity contribution in [3.8, 4) is 0 Å². The number of aromatic amines is 1. The highest BCUT2D eigenvalue weighted by Gasteiger charge is 2.42. The minimum absolute atomic E-state index is 0.152. The molecular weight excluding hydrogens is 590 g/mol. The number of carbonyl (C=O) groups is 5. The Morgan fingerprint density at radius 1 is 0.978 bits per heavy atom. The van der Waals surface area contributed by atoms with Crippen molar-refractivity contribution in [2.24, 2.45) is 11.3 Å². The number of aromatic nitrogens is 1. The van der Waals surface area contributed by atoms with Gasteiger partial charge in [0.1, 0.15) is 12.1 Å². The number of amides is 3. The van der Waals surface area contributed by atoms with E-state index in [-0.39, 0.29) is 29.7 Å². The first-order valence-corrected chi connectivity index (χ1v) is 15.5. The highest BCUT2D eigenvalue weighted by molar-refractivity contribution is 5.96. The van der Waals surface area contributed by atoms with Crippen LogP contribution in [0.1, 0.15) is 73.8 Å². The van der Waals surface area contributed by atoms with E-state index in [2.05, 4.69) is 20.9 Å². The first-order valence-electron chi connectivity index (χ1n) is 15.5. The Morgan fingerprint density at radius 2 is 1.59 bits per heavy atom. The number of nitrogens with one attached hydrogen (secondary N) is 4. The molecule has 0 fully saturated rings. The van der Waals surface area contributed by atoms with Crippen LogP contribution in [0.5, 0.6) is 0 Å². The Kier molecular flexibility index (Phi) is 12.7. The largest absolute Gasteiger partial charge is 0.481 e. The number of likely N-dealkylation sites (N-methyl/N-ethyl adjacent to an activating group) is 2. The van der Waals surface area contributed by atoms with Crippen LogP contribution in [-0.4, -0.2) is 88.0 Å². The fourth-order valence-corrected chi connectivity index (χ4v) is 5.69. The van der Waals surface area contributed by atoms with Crippen LogP contribution in [0.3, 0.4) is 0 Å². The van der Waals surface area contributed by atoms with Crippen molar-refractivity contribution in [2.45, 2.75) is 97.8 Å². The van der Waals surface area contributed by atoms with Gasteiger partial charge >= 0.3 is 11.9 Å². The monoisotopic (exact) mass is 641 g/mol. The lowest BCUT2D eigenvalue weighted by atomic mass is 9.76. The molecule has 2 rings (SSSR count). The standard InChI is InChI=1S/C34H51N5O7/c1-19(2)25(17-20(3)29(42)37-24(32(45)46)15-16-26(40)41)39(10)31(44)28(33(4,5)6)38-30(43)27(35-9)34(7,8)22-18-36-23-14-12-11-13-21(22)23/h11-14,17-19,24-25,27-28,35-36H,15-16H2,1-10H3,(H,37,42)(H,38,43)(H,40,41)(H,45,46)/b20-17+/t24-,25-,27-,28-/m1/s1. The summed E-state index contributed by atoms with van der Waals surface area (Å²) in [6, 6.07) is 4.30. The van der Waals surface area contributed by atoms with Gasteiger partial charge in [-0.1, -0.05) is 72.7 Å². The van der Waals surface area contributed by atoms with E-state index in [1.165, 1.54) is 11.8 Å². The molecule has 0 aliphatic rings. The second-order valence-electron chi connectivity index (χ2n) is 13.8. The average Bonchev–Trinajstić information content (AvgIpc) is 3.40. The Bertz CT molecular complexity index is 1450. The summed E-state index contributed by atoms with van der Waals surface area (Å²) in [6.07, 6.45) is 2.81. The molecule has 46 heavy (non-hydrogen) atoms. The number of rotatable bonds is 15. The maximum atomic E-state index is 14.1. The molecule has 0 aliphatic heterocycles. The number of aliphatic carboxylic acids is 2. The predicted molar refractivity (Wildman–Crippen MR) is 177 cm³/mol. The normalized spacial score (nSPS) is 15.2. The summed E-state index contributed by atoms with van der Waals surface area (Å²) in [5.41, 5.74) is 0.746. The molecule has 12 heteroatoms. The quantitative estimate of drug-likeness (QED) is 0.160. The minimum Gasteiger partial charge on any atom is -0.481 e. The van der Waals surface area contributed by atoms with Gasteiger partial charge in [0.15, 0.2) is 0 Å². The molecule has 0 unspecified atom stereocenters. The zero-order chi connectivity index (χ0) is 35.1. The fourth-order valence-electron chi connectivity index (χ4n) is 5.69. The maximum absolute atomic E-state index is 14.1. The summed E-state index contributed by atoms with van der Waals surface area (Å²) >= 11 is 0. The van der Waals surface area contributed by atoms with Gasteiger partial charge in [-0.3, -0.25) is 19.2 Å². The number of carboxylic acid groups (broad SMARTS) is 2. The number of hydrogen-bond donors (Lipinski definition) is 6. The Labute approximate surface area is 271 Å². The average molecular weight is 642 g/mol. The number of nitrogens with zero attached hydrogens (tertiary/aromatic N) is 1. The minimum atomic E-state index is -1.38. The Balaban J connectivity index is 2.34. The summed E-state index contributed by atoms with van der Waals surface area (Å²) < 4.78 is 0. The molecule has 0 bridgehead atoms. The first-order chi connectivity index (χ1) is 21.2. The summed E-state index contributed by atoms with van der Waals surface area (Å²) in [6.45, 7) is 14.8. The summed E-state index contributed by atoms with van der Waals surface area (Å²) in [7, 11) is 3.32. The van der Waals surface area contributed by atoms with Crippen molar-refractivity contribution in [1.82, 2.24) is 25.8 Å². The highest BCUT2D eigenvalue weighted by atomic mass is 16.4. The van der Waals surface area contributed by atoms with Crippen LogP contribution >= 0.6 is 0 Å². The van der Waals surface area contributed by atoms with Crippen LogP contribution in [0.25, 0.3) is 10.9 Å². The van der Waals surface area contributed by atoms with Crippen LogP contribution in [0.15, 0.2) is 42.1 Å². The van der Waals surface area contributed by atoms with E-state index in [4.69, 9.17) is 5.11 Å². The molecule has 0 spiro atoms. The molecule has 0 saturated carbocycles.